The molecule has 1 saturated heterocycles. The molecular formula is C20H23NO3. The first kappa shape index (κ1) is 16.7. The van der Waals surface area contributed by atoms with Crippen molar-refractivity contribution >= 4 is 5.97 Å². The standard InChI is InChI=1S/C20H23NO3/c1-14-13-18(20(22)23)7-8-19(14)17-5-3-16(4-6-17)15(2)21-9-11-24-12-10-21/h3-8,13,15H,9-12H2,1-2H3,(H,22,23)/t15-/m0/s1. The van der Waals surface area contributed by atoms with E-state index in [2.05, 4.69) is 36.1 Å². The van der Waals surface area contributed by atoms with Gasteiger partial charge in [-0.3, -0.25) is 4.90 Å². The molecule has 1 aliphatic rings. The Kier molecular flexibility index (Phi) is 4.97. The molecule has 0 bridgehead atoms. The average Bonchev–Trinajstić information content (AvgIpc) is 2.62. The minimum atomic E-state index is -0.890. The average molecular weight is 325 g/mol. The van der Waals surface area contributed by atoms with Crippen molar-refractivity contribution in [3.05, 3.63) is 59.2 Å². The topological polar surface area (TPSA) is 49.8 Å². The number of aromatic carboxylic acids is 1. The van der Waals surface area contributed by atoms with Crippen LogP contribution in [0.25, 0.3) is 11.1 Å². The highest BCUT2D eigenvalue weighted by Gasteiger charge is 2.18. The lowest BCUT2D eigenvalue weighted by Crippen LogP contribution is -2.37. The van der Waals surface area contributed by atoms with Gasteiger partial charge in [0.05, 0.1) is 18.8 Å². The zero-order chi connectivity index (χ0) is 17.1. The van der Waals surface area contributed by atoms with Crippen molar-refractivity contribution in [2.45, 2.75) is 19.9 Å². The van der Waals surface area contributed by atoms with Crippen molar-refractivity contribution in [3.63, 3.8) is 0 Å². The Labute approximate surface area is 142 Å². The molecule has 1 aliphatic heterocycles. The first-order chi connectivity index (χ1) is 11.6. The number of carbonyl (C=O) groups is 1. The highest BCUT2D eigenvalue weighted by Crippen LogP contribution is 2.27. The van der Waals surface area contributed by atoms with E-state index in [1.807, 2.05) is 13.0 Å². The smallest absolute Gasteiger partial charge is 0.335 e. The third-order valence-corrected chi connectivity index (χ3v) is 4.77. The number of morpholine rings is 1. The predicted octanol–water partition coefficient (Wildman–Crippen LogP) is 3.75. The van der Waals surface area contributed by atoms with E-state index < -0.39 is 5.97 Å². The van der Waals surface area contributed by atoms with E-state index in [1.165, 1.54) is 5.56 Å². The van der Waals surface area contributed by atoms with Crippen molar-refractivity contribution in [2.75, 3.05) is 26.3 Å². The molecule has 0 radical (unpaired) electrons. The fourth-order valence-corrected chi connectivity index (χ4v) is 3.24. The number of benzene rings is 2. The number of ether oxygens (including phenoxy) is 1. The summed E-state index contributed by atoms with van der Waals surface area (Å²) in [4.78, 5) is 13.5. The SMILES string of the molecule is Cc1cc(C(=O)O)ccc1-c1ccc([C@H](C)N2CCOCC2)cc1. The van der Waals surface area contributed by atoms with Crippen LogP contribution < -0.4 is 0 Å². The molecule has 1 N–H and O–H groups in total. The first-order valence-corrected chi connectivity index (χ1v) is 8.32. The quantitative estimate of drug-likeness (QED) is 0.930. The number of rotatable bonds is 4. The first-order valence-electron chi connectivity index (χ1n) is 8.32. The third-order valence-electron chi connectivity index (χ3n) is 4.77. The highest BCUT2D eigenvalue weighted by molar-refractivity contribution is 5.89. The molecule has 4 nitrogen and oxygen atoms in total. The summed E-state index contributed by atoms with van der Waals surface area (Å²) in [6.45, 7) is 7.73. The Morgan fingerprint density at radius 1 is 1.12 bits per heavy atom. The van der Waals surface area contributed by atoms with Gasteiger partial charge in [0.1, 0.15) is 0 Å². The molecule has 1 fully saturated rings. The van der Waals surface area contributed by atoms with Crippen LogP contribution in [-0.4, -0.2) is 42.3 Å². The van der Waals surface area contributed by atoms with E-state index in [0.29, 0.717) is 11.6 Å². The number of nitrogens with zero attached hydrogens (tertiary/aromatic N) is 1. The van der Waals surface area contributed by atoms with Gasteiger partial charge in [-0.05, 0) is 48.2 Å². The third kappa shape index (κ3) is 3.50. The Hall–Kier alpha value is -2.17. The van der Waals surface area contributed by atoms with Crippen molar-refractivity contribution in [1.82, 2.24) is 4.90 Å². The van der Waals surface area contributed by atoms with Crippen LogP contribution in [0.5, 0.6) is 0 Å². The number of hydrogen-bond donors (Lipinski definition) is 1. The second kappa shape index (κ2) is 7.16. The van der Waals surface area contributed by atoms with Gasteiger partial charge in [-0.25, -0.2) is 4.79 Å². The lowest BCUT2D eigenvalue weighted by atomic mass is 9.96. The summed E-state index contributed by atoms with van der Waals surface area (Å²) in [5, 5.41) is 9.08. The van der Waals surface area contributed by atoms with E-state index in [1.54, 1.807) is 12.1 Å². The maximum absolute atomic E-state index is 11.1. The van der Waals surface area contributed by atoms with Gasteiger partial charge in [0, 0.05) is 19.1 Å². The molecule has 0 spiro atoms. The molecule has 0 aliphatic carbocycles. The van der Waals surface area contributed by atoms with Gasteiger partial charge in [-0.2, -0.15) is 0 Å². The molecular weight excluding hydrogens is 302 g/mol. The number of carboxylic acid groups (broad SMARTS) is 1. The van der Waals surface area contributed by atoms with E-state index >= 15 is 0 Å². The summed E-state index contributed by atoms with van der Waals surface area (Å²) in [5.74, 6) is -0.890. The number of hydrogen-bond acceptors (Lipinski definition) is 3. The molecule has 3 rings (SSSR count). The monoisotopic (exact) mass is 325 g/mol. The minimum absolute atomic E-state index is 0.328. The van der Waals surface area contributed by atoms with Crippen LogP contribution in [0.15, 0.2) is 42.5 Å². The van der Waals surface area contributed by atoms with E-state index in [-0.39, 0.29) is 0 Å². The Morgan fingerprint density at radius 2 is 1.79 bits per heavy atom. The Morgan fingerprint density at radius 3 is 2.38 bits per heavy atom. The fourth-order valence-electron chi connectivity index (χ4n) is 3.24. The summed E-state index contributed by atoms with van der Waals surface area (Å²) in [5.41, 5.74) is 4.78. The van der Waals surface area contributed by atoms with Crippen LogP contribution in [0.2, 0.25) is 0 Å². The van der Waals surface area contributed by atoms with Crippen LogP contribution in [-0.2, 0) is 4.74 Å². The van der Waals surface area contributed by atoms with Crippen LogP contribution in [0.4, 0.5) is 0 Å². The van der Waals surface area contributed by atoms with Crippen molar-refractivity contribution in [3.8, 4) is 11.1 Å². The summed E-state index contributed by atoms with van der Waals surface area (Å²) < 4.78 is 5.42. The van der Waals surface area contributed by atoms with E-state index in [4.69, 9.17) is 9.84 Å². The Balaban J connectivity index is 1.80. The number of carboxylic acids is 1. The largest absolute Gasteiger partial charge is 0.478 e. The summed E-state index contributed by atoms with van der Waals surface area (Å²) in [6, 6.07) is 14.2. The van der Waals surface area contributed by atoms with Crippen molar-refractivity contribution in [2.24, 2.45) is 0 Å². The van der Waals surface area contributed by atoms with Crippen LogP contribution in [0, 0.1) is 6.92 Å². The lowest BCUT2D eigenvalue weighted by Gasteiger charge is -2.32. The van der Waals surface area contributed by atoms with Gasteiger partial charge in [0.2, 0.25) is 0 Å². The van der Waals surface area contributed by atoms with E-state index in [0.717, 1.165) is 43.0 Å². The zero-order valence-corrected chi connectivity index (χ0v) is 14.2. The summed E-state index contributed by atoms with van der Waals surface area (Å²) in [7, 11) is 0. The van der Waals surface area contributed by atoms with Crippen LogP contribution in [0.3, 0.4) is 0 Å². The molecule has 1 atom stereocenters. The zero-order valence-electron chi connectivity index (χ0n) is 14.2. The van der Waals surface area contributed by atoms with Gasteiger partial charge >= 0.3 is 5.97 Å². The van der Waals surface area contributed by atoms with E-state index in [9.17, 15) is 4.79 Å². The van der Waals surface area contributed by atoms with Gasteiger partial charge in [0.15, 0.2) is 0 Å². The molecule has 0 amide bonds. The molecule has 0 saturated carbocycles. The second-order valence-electron chi connectivity index (χ2n) is 6.28. The fraction of sp³-hybridized carbons (Fsp3) is 0.350. The molecule has 2 aromatic rings. The van der Waals surface area contributed by atoms with Gasteiger partial charge in [-0.1, -0.05) is 30.3 Å². The van der Waals surface area contributed by atoms with Gasteiger partial charge in [0.25, 0.3) is 0 Å². The molecule has 1 heterocycles. The lowest BCUT2D eigenvalue weighted by molar-refractivity contribution is 0.0198. The Bertz CT molecular complexity index is 718. The maximum atomic E-state index is 11.1. The molecule has 24 heavy (non-hydrogen) atoms. The predicted molar refractivity (Wildman–Crippen MR) is 94.4 cm³/mol. The molecule has 2 aromatic carbocycles. The van der Waals surface area contributed by atoms with Crippen LogP contribution >= 0.6 is 0 Å². The van der Waals surface area contributed by atoms with Crippen LogP contribution in [0.1, 0.15) is 34.5 Å². The number of aryl methyl sites for hydroxylation is 1. The molecule has 0 aromatic heterocycles. The summed E-state index contributed by atoms with van der Waals surface area (Å²) in [6.07, 6.45) is 0. The minimum Gasteiger partial charge on any atom is -0.478 e. The van der Waals surface area contributed by atoms with Gasteiger partial charge < -0.3 is 9.84 Å². The van der Waals surface area contributed by atoms with Gasteiger partial charge in [-0.15, -0.1) is 0 Å². The highest BCUT2D eigenvalue weighted by atomic mass is 16.5. The summed E-state index contributed by atoms with van der Waals surface area (Å²) >= 11 is 0. The second-order valence-corrected chi connectivity index (χ2v) is 6.28. The molecule has 126 valence electrons. The molecule has 0 unspecified atom stereocenters. The maximum Gasteiger partial charge on any atom is 0.335 e. The molecule has 4 heteroatoms. The van der Waals surface area contributed by atoms with Crippen molar-refractivity contribution < 1.29 is 14.6 Å². The van der Waals surface area contributed by atoms with Crippen molar-refractivity contribution in [1.29, 1.82) is 0 Å². The normalized spacial score (nSPS) is 16.8.